The number of carbonyl (C=O) groups is 1. The van der Waals surface area contributed by atoms with Crippen LogP contribution in [0.5, 0.6) is 0 Å². The summed E-state index contributed by atoms with van der Waals surface area (Å²) in [6.07, 6.45) is 5.74. The number of nitrogens with one attached hydrogen (secondary N) is 3. The summed E-state index contributed by atoms with van der Waals surface area (Å²) >= 11 is 0. The van der Waals surface area contributed by atoms with Crippen LogP contribution in [0.2, 0.25) is 0 Å². The molecule has 5 heteroatoms. The molecule has 1 aromatic heterocycles. The number of fused-ring (bicyclic) bond motifs is 1. The summed E-state index contributed by atoms with van der Waals surface area (Å²) in [6.45, 7) is 1.18. The van der Waals surface area contributed by atoms with Crippen molar-refractivity contribution in [2.45, 2.75) is 31.2 Å². The molecule has 1 amide bonds. The van der Waals surface area contributed by atoms with E-state index in [9.17, 15) is 4.79 Å². The van der Waals surface area contributed by atoms with Gasteiger partial charge in [-0.25, -0.2) is 0 Å². The summed E-state index contributed by atoms with van der Waals surface area (Å²) in [5.74, 6) is 1.45. The Morgan fingerprint density at radius 2 is 2.00 bits per heavy atom. The van der Waals surface area contributed by atoms with Gasteiger partial charge in [0.1, 0.15) is 0 Å². The number of benzene rings is 2. The van der Waals surface area contributed by atoms with Crippen LogP contribution in [-0.4, -0.2) is 28.7 Å². The number of H-pyrrole nitrogens is 1. The molecule has 0 spiro atoms. The van der Waals surface area contributed by atoms with Gasteiger partial charge >= 0.3 is 0 Å². The Morgan fingerprint density at radius 3 is 2.81 bits per heavy atom. The fraction of sp³-hybridized carbons (Fsp3) is 0.333. The van der Waals surface area contributed by atoms with Crippen molar-refractivity contribution in [3.8, 4) is 0 Å². The molecular formula is C21H22N4O. The minimum atomic E-state index is -0.101. The van der Waals surface area contributed by atoms with Crippen molar-refractivity contribution in [1.82, 2.24) is 15.5 Å². The Balaban J connectivity index is 1.21. The first-order valence-electron chi connectivity index (χ1n) is 9.34. The molecule has 0 bridgehead atoms. The van der Waals surface area contributed by atoms with Crippen molar-refractivity contribution in [1.29, 1.82) is 0 Å². The third-order valence-corrected chi connectivity index (χ3v) is 5.46. The first-order chi connectivity index (χ1) is 12.8. The van der Waals surface area contributed by atoms with E-state index in [1.165, 1.54) is 31.4 Å². The molecule has 2 unspecified atom stereocenters. The topological polar surface area (TPSA) is 69.8 Å². The molecule has 1 heterocycles. The molecule has 3 N–H and O–H groups in total. The quantitative estimate of drug-likeness (QED) is 0.638. The standard InChI is InChI=1S/C21H22N4O/c26-21(15-5-8-19-16(9-15)12-23-25-19)24-17-6-3-14(4-7-17)18-10-20(18)22-11-13-1-2-13/h3-9,12-13,18,20,22H,1-2,10-11H2,(H,23,25)(H,24,26). The molecule has 2 saturated carbocycles. The Hall–Kier alpha value is -2.66. The number of hydrogen-bond donors (Lipinski definition) is 3. The lowest BCUT2D eigenvalue weighted by Gasteiger charge is -2.07. The fourth-order valence-electron chi connectivity index (χ4n) is 3.53. The number of aromatic nitrogens is 2. The van der Waals surface area contributed by atoms with Crippen LogP contribution in [0.25, 0.3) is 10.9 Å². The van der Waals surface area contributed by atoms with E-state index in [4.69, 9.17) is 0 Å². The summed E-state index contributed by atoms with van der Waals surface area (Å²) in [6, 6.07) is 14.4. The molecule has 2 aliphatic carbocycles. The van der Waals surface area contributed by atoms with E-state index in [-0.39, 0.29) is 5.91 Å². The molecule has 5 nitrogen and oxygen atoms in total. The highest BCUT2D eigenvalue weighted by Gasteiger charge is 2.38. The predicted molar refractivity (Wildman–Crippen MR) is 102 cm³/mol. The van der Waals surface area contributed by atoms with Gasteiger partial charge in [-0.3, -0.25) is 9.89 Å². The van der Waals surface area contributed by atoms with Crippen LogP contribution in [0.15, 0.2) is 48.7 Å². The van der Waals surface area contributed by atoms with E-state index in [0.29, 0.717) is 17.5 Å². The van der Waals surface area contributed by atoms with Crippen LogP contribution >= 0.6 is 0 Å². The zero-order valence-corrected chi connectivity index (χ0v) is 14.5. The molecule has 2 atom stereocenters. The maximum Gasteiger partial charge on any atom is 0.255 e. The van der Waals surface area contributed by atoms with Gasteiger partial charge in [-0.05, 0) is 67.6 Å². The number of aromatic amines is 1. The average Bonchev–Trinajstić information content (AvgIpc) is 3.57. The normalized spacial score (nSPS) is 21.7. The Bertz CT molecular complexity index is 942. The molecule has 26 heavy (non-hydrogen) atoms. The Morgan fingerprint density at radius 1 is 1.15 bits per heavy atom. The van der Waals surface area contributed by atoms with E-state index >= 15 is 0 Å². The van der Waals surface area contributed by atoms with Gasteiger partial charge in [0, 0.05) is 28.6 Å². The van der Waals surface area contributed by atoms with Crippen molar-refractivity contribution < 1.29 is 4.79 Å². The van der Waals surface area contributed by atoms with E-state index < -0.39 is 0 Å². The van der Waals surface area contributed by atoms with Crippen molar-refractivity contribution >= 4 is 22.5 Å². The van der Waals surface area contributed by atoms with Gasteiger partial charge in [0.05, 0.1) is 11.7 Å². The molecule has 2 aromatic carbocycles. The molecule has 0 aliphatic heterocycles. The summed E-state index contributed by atoms with van der Waals surface area (Å²) in [5, 5.41) is 14.5. The molecule has 132 valence electrons. The molecule has 0 radical (unpaired) electrons. The second-order valence-corrected chi connectivity index (χ2v) is 7.55. The highest BCUT2D eigenvalue weighted by atomic mass is 16.1. The maximum atomic E-state index is 12.5. The van der Waals surface area contributed by atoms with E-state index in [0.717, 1.165) is 22.5 Å². The van der Waals surface area contributed by atoms with Crippen LogP contribution in [0.3, 0.4) is 0 Å². The number of rotatable bonds is 6. The number of hydrogen-bond acceptors (Lipinski definition) is 3. The lowest BCUT2D eigenvalue weighted by Crippen LogP contribution is -2.20. The van der Waals surface area contributed by atoms with Gasteiger partial charge in [0.15, 0.2) is 0 Å². The number of amides is 1. The van der Waals surface area contributed by atoms with Crippen molar-refractivity contribution in [3.63, 3.8) is 0 Å². The molecular weight excluding hydrogens is 324 g/mol. The van der Waals surface area contributed by atoms with Crippen LogP contribution in [0, 0.1) is 5.92 Å². The first-order valence-corrected chi connectivity index (χ1v) is 9.34. The monoisotopic (exact) mass is 346 g/mol. The first kappa shape index (κ1) is 15.6. The minimum absolute atomic E-state index is 0.101. The minimum Gasteiger partial charge on any atom is -0.322 e. The van der Waals surface area contributed by atoms with E-state index in [1.54, 1.807) is 6.20 Å². The van der Waals surface area contributed by atoms with Gasteiger partial charge in [-0.15, -0.1) is 0 Å². The number of anilines is 1. The third-order valence-electron chi connectivity index (χ3n) is 5.46. The lowest BCUT2D eigenvalue weighted by molar-refractivity contribution is 0.102. The van der Waals surface area contributed by atoms with Gasteiger partial charge in [0.2, 0.25) is 0 Å². The highest BCUT2D eigenvalue weighted by molar-refractivity contribution is 6.06. The maximum absolute atomic E-state index is 12.5. The van der Waals surface area contributed by atoms with E-state index in [1.807, 2.05) is 30.3 Å². The summed E-state index contributed by atoms with van der Waals surface area (Å²) in [4.78, 5) is 12.5. The fourth-order valence-corrected chi connectivity index (χ4v) is 3.53. The zero-order valence-electron chi connectivity index (χ0n) is 14.5. The van der Waals surface area contributed by atoms with Crippen molar-refractivity contribution in [2.24, 2.45) is 5.92 Å². The van der Waals surface area contributed by atoms with Gasteiger partial charge < -0.3 is 10.6 Å². The summed E-state index contributed by atoms with van der Waals surface area (Å²) in [7, 11) is 0. The second kappa shape index (κ2) is 6.25. The highest BCUT2D eigenvalue weighted by Crippen LogP contribution is 2.41. The van der Waals surface area contributed by atoms with Crippen LogP contribution in [-0.2, 0) is 0 Å². The molecule has 5 rings (SSSR count). The average molecular weight is 346 g/mol. The Kier molecular flexibility index (Phi) is 3.75. The van der Waals surface area contributed by atoms with Gasteiger partial charge in [-0.2, -0.15) is 5.10 Å². The molecule has 3 aromatic rings. The van der Waals surface area contributed by atoms with Gasteiger partial charge in [-0.1, -0.05) is 12.1 Å². The molecule has 0 saturated heterocycles. The predicted octanol–water partition coefficient (Wildman–Crippen LogP) is 3.67. The smallest absolute Gasteiger partial charge is 0.255 e. The van der Waals surface area contributed by atoms with E-state index in [2.05, 4.69) is 33.0 Å². The summed E-state index contributed by atoms with van der Waals surface area (Å²) < 4.78 is 0. The van der Waals surface area contributed by atoms with Crippen molar-refractivity contribution in [3.05, 3.63) is 59.8 Å². The summed E-state index contributed by atoms with van der Waals surface area (Å²) in [5.41, 5.74) is 3.75. The SMILES string of the molecule is O=C(Nc1ccc(C2CC2NCC2CC2)cc1)c1ccc2[nH]ncc2c1. The number of nitrogens with zero attached hydrogens (tertiary/aromatic N) is 1. The molecule has 2 aliphatic rings. The number of carbonyl (C=O) groups excluding carboxylic acids is 1. The molecule has 2 fully saturated rings. The van der Waals surface area contributed by atoms with Crippen LogP contribution in [0.4, 0.5) is 5.69 Å². The zero-order chi connectivity index (χ0) is 17.5. The van der Waals surface area contributed by atoms with Gasteiger partial charge in [0.25, 0.3) is 5.91 Å². The van der Waals surface area contributed by atoms with Crippen molar-refractivity contribution in [2.75, 3.05) is 11.9 Å². The lowest BCUT2D eigenvalue weighted by atomic mass is 10.1. The van der Waals surface area contributed by atoms with Crippen LogP contribution < -0.4 is 10.6 Å². The third kappa shape index (κ3) is 3.22. The van der Waals surface area contributed by atoms with Crippen LogP contribution in [0.1, 0.15) is 41.1 Å². The Labute approximate surface area is 152 Å². The largest absolute Gasteiger partial charge is 0.322 e. The second-order valence-electron chi connectivity index (χ2n) is 7.55.